The lowest BCUT2D eigenvalue weighted by molar-refractivity contribution is -0.151. The molecule has 1 saturated heterocycles. The number of nitrogens with one attached hydrogen (secondary N) is 1. The summed E-state index contributed by atoms with van der Waals surface area (Å²) >= 11 is 3.40. The number of ether oxygens (including phenoxy) is 2. The molecule has 1 aliphatic heterocycles. The predicted molar refractivity (Wildman–Crippen MR) is 112 cm³/mol. The highest BCUT2D eigenvalue weighted by Crippen LogP contribution is 2.33. The molecular weight excluding hydrogens is 440 g/mol. The van der Waals surface area contributed by atoms with E-state index in [9.17, 15) is 14.4 Å². The van der Waals surface area contributed by atoms with Gasteiger partial charge in [0, 0.05) is 23.1 Å². The van der Waals surface area contributed by atoms with Crippen LogP contribution in [0.3, 0.4) is 0 Å². The summed E-state index contributed by atoms with van der Waals surface area (Å²) in [6, 6.07) is 12.5. The van der Waals surface area contributed by atoms with Crippen LogP contribution in [-0.2, 0) is 19.1 Å². The molecule has 1 atom stereocenters. The minimum atomic E-state index is -0.630. The number of carbonyl (C=O) groups excluding carboxylic acids is 3. The van der Waals surface area contributed by atoms with Crippen molar-refractivity contribution in [3.8, 4) is 5.75 Å². The van der Waals surface area contributed by atoms with Gasteiger partial charge < -0.3 is 19.7 Å². The van der Waals surface area contributed by atoms with E-state index in [0.717, 1.165) is 10.0 Å². The van der Waals surface area contributed by atoms with Crippen LogP contribution in [0.25, 0.3) is 0 Å². The average Bonchev–Trinajstić information content (AvgIpc) is 3.10. The lowest BCUT2D eigenvalue weighted by atomic mass is 10.1. The first-order valence-corrected chi connectivity index (χ1v) is 9.84. The normalized spacial score (nSPS) is 15.9. The molecule has 3 rings (SSSR count). The molecule has 0 bridgehead atoms. The van der Waals surface area contributed by atoms with Gasteiger partial charge in [0.15, 0.2) is 6.61 Å². The van der Waals surface area contributed by atoms with Gasteiger partial charge in [0.1, 0.15) is 5.75 Å². The van der Waals surface area contributed by atoms with Crippen LogP contribution in [0.5, 0.6) is 5.75 Å². The predicted octanol–water partition coefficient (Wildman–Crippen LogP) is 3.30. The van der Waals surface area contributed by atoms with Crippen molar-refractivity contribution in [1.29, 1.82) is 0 Å². The van der Waals surface area contributed by atoms with E-state index in [1.807, 2.05) is 19.1 Å². The summed E-state index contributed by atoms with van der Waals surface area (Å²) < 4.78 is 11.4. The Hall–Kier alpha value is -2.87. The zero-order valence-corrected chi connectivity index (χ0v) is 17.7. The molecule has 7 nitrogen and oxygen atoms in total. The zero-order valence-electron chi connectivity index (χ0n) is 16.1. The number of methoxy groups -OCH3 is 1. The van der Waals surface area contributed by atoms with Crippen molar-refractivity contribution in [3.05, 3.63) is 52.5 Å². The second kappa shape index (κ2) is 9.09. The quantitative estimate of drug-likeness (QED) is 0.668. The van der Waals surface area contributed by atoms with Gasteiger partial charge in [-0.1, -0.05) is 28.1 Å². The lowest BCUT2D eigenvalue weighted by Gasteiger charge is -2.19. The SMILES string of the molecule is COc1ccccc1N1C[C@H](C(=O)OCC(=O)Nc2ccc(Br)c(C)c2)CC1=O. The number of aryl methyl sites for hydroxylation is 1. The Labute approximate surface area is 177 Å². The van der Waals surface area contributed by atoms with Crippen LogP contribution in [0.2, 0.25) is 0 Å². The summed E-state index contributed by atoms with van der Waals surface area (Å²) in [5.74, 6) is -1.27. The number of hydrogen-bond donors (Lipinski definition) is 1. The van der Waals surface area contributed by atoms with Crippen molar-refractivity contribution in [1.82, 2.24) is 0 Å². The highest BCUT2D eigenvalue weighted by atomic mass is 79.9. The van der Waals surface area contributed by atoms with E-state index in [4.69, 9.17) is 9.47 Å². The van der Waals surface area contributed by atoms with E-state index < -0.39 is 24.4 Å². The first kappa shape index (κ1) is 20.9. The van der Waals surface area contributed by atoms with Crippen molar-refractivity contribution in [3.63, 3.8) is 0 Å². The van der Waals surface area contributed by atoms with Gasteiger partial charge in [-0.3, -0.25) is 14.4 Å². The van der Waals surface area contributed by atoms with E-state index in [0.29, 0.717) is 17.1 Å². The third-order valence-electron chi connectivity index (χ3n) is 4.62. The molecule has 0 aliphatic carbocycles. The topological polar surface area (TPSA) is 84.9 Å². The summed E-state index contributed by atoms with van der Waals surface area (Å²) in [7, 11) is 1.52. The van der Waals surface area contributed by atoms with Gasteiger partial charge in [0.05, 0.1) is 18.7 Å². The van der Waals surface area contributed by atoms with E-state index in [2.05, 4.69) is 21.2 Å². The van der Waals surface area contributed by atoms with Crippen LogP contribution in [0, 0.1) is 12.8 Å². The third kappa shape index (κ3) is 4.95. The molecule has 2 aromatic carbocycles. The number of hydrogen-bond acceptors (Lipinski definition) is 5. The Morgan fingerprint density at radius 3 is 2.72 bits per heavy atom. The number of carbonyl (C=O) groups is 3. The minimum absolute atomic E-state index is 0.0322. The van der Waals surface area contributed by atoms with Gasteiger partial charge in [-0.05, 0) is 42.8 Å². The van der Waals surface area contributed by atoms with Gasteiger partial charge in [0.25, 0.3) is 5.91 Å². The molecule has 29 heavy (non-hydrogen) atoms. The van der Waals surface area contributed by atoms with E-state index >= 15 is 0 Å². The number of rotatable bonds is 6. The number of benzene rings is 2. The van der Waals surface area contributed by atoms with E-state index in [1.165, 1.54) is 12.0 Å². The van der Waals surface area contributed by atoms with Gasteiger partial charge in [0.2, 0.25) is 5.91 Å². The molecule has 2 amide bonds. The molecule has 0 saturated carbocycles. The van der Waals surface area contributed by atoms with Gasteiger partial charge in [-0.15, -0.1) is 0 Å². The van der Waals surface area contributed by atoms with Crippen molar-refractivity contribution >= 4 is 45.1 Å². The van der Waals surface area contributed by atoms with Crippen LogP contribution >= 0.6 is 15.9 Å². The molecule has 1 aliphatic rings. The highest BCUT2D eigenvalue weighted by Gasteiger charge is 2.37. The molecule has 0 aromatic heterocycles. The smallest absolute Gasteiger partial charge is 0.311 e. The molecule has 0 radical (unpaired) electrons. The van der Waals surface area contributed by atoms with Crippen LogP contribution in [0.4, 0.5) is 11.4 Å². The molecule has 152 valence electrons. The molecule has 0 spiro atoms. The second-order valence-corrected chi connectivity index (χ2v) is 7.55. The van der Waals surface area contributed by atoms with Gasteiger partial charge in [-0.25, -0.2) is 0 Å². The Balaban J connectivity index is 1.55. The molecule has 1 heterocycles. The fourth-order valence-corrected chi connectivity index (χ4v) is 3.37. The highest BCUT2D eigenvalue weighted by molar-refractivity contribution is 9.10. The Morgan fingerprint density at radius 2 is 2.00 bits per heavy atom. The average molecular weight is 461 g/mol. The van der Waals surface area contributed by atoms with Crippen molar-refractivity contribution in [2.45, 2.75) is 13.3 Å². The van der Waals surface area contributed by atoms with Crippen molar-refractivity contribution in [2.24, 2.45) is 5.92 Å². The van der Waals surface area contributed by atoms with Crippen LogP contribution in [0.15, 0.2) is 46.9 Å². The fourth-order valence-electron chi connectivity index (χ4n) is 3.13. The second-order valence-electron chi connectivity index (χ2n) is 6.70. The van der Waals surface area contributed by atoms with Crippen LogP contribution in [0.1, 0.15) is 12.0 Å². The monoisotopic (exact) mass is 460 g/mol. The molecule has 1 fully saturated rings. The van der Waals surface area contributed by atoms with Crippen LogP contribution in [-0.4, -0.2) is 38.0 Å². The largest absolute Gasteiger partial charge is 0.495 e. The maximum Gasteiger partial charge on any atom is 0.311 e. The maximum absolute atomic E-state index is 12.4. The molecule has 1 N–H and O–H groups in total. The molecule has 8 heteroatoms. The van der Waals surface area contributed by atoms with E-state index in [1.54, 1.807) is 30.3 Å². The number of esters is 1. The Morgan fingerprint density at radius 1 is 1.24 bits per heavy atom. The standard InChI is InChI=1S/C21H21BrN2O5/c1-13-9-15(7-8-16(13)22)23-19(25)12-29-21(27)14-10-20(26)24(11-14)17-5-3-4-6-18(17)28-2/h3-9,14H,10-12H2,1-2H3,(H,23,25)/t14-/m1/s1. The summed E-state index contributed by atoms with van der Waals surface area (Å²) in [5, 5.41) is 2.68. The Bertz CT molecular complexity index is 946. The zero-order chi connectivity index (χ0) is 21.0. The third-order valence-corrected chi connectivity index (χ3v) is 5.51. The Kier molecular flexibility index (Phi) is 6.53. The maximum atomic E-state index is 12.4. The minimum Gasteiger partial charge on any atom is -0.495 e. The van der Waals surface area contributed by atoms with E-state index in [-0.39, 0.29) is 18.9 Å². The summed E-state index contributed by atoms with van der Waals surface area (Å²) in [4.78, 5) is 38.3. The molecule has 2 aromatic rings. The molecular formula is C21H21BrN2O5. The van der Waals surface area contributed by atoms with Crippen molar-refractivity contribution in [2.75, 3.05) is 30.5 Å². The van der Waals surface area contributed by atoms with Gasteiger partial charge >= 0.3 is 5.97 Å². The molecule has 0 unspecified atom stereocenters. The number of anilines is 2. The summed E-state index contributed by atoms with van der Waals surface area (Å²) in [5.41, 5.74) is 2.20. The van der Waals surface area contributed by atoms with Crippen molar-refractivity contribution < 1.29 is 23.9 Å². The summed E-state index contributed by atoms with van der Waals surface area (Å²) in [6.45, 7) is 1.68. The first-order chi connectivity index (χ1) is 13.9. The summed E-state index contributed by atoms with van der Waals surface area (Å²) in [6.07, 6.45) is 0.0322. The lowest BCUT2D eigenvalue weighted by Crippen LogP contribution is -2.28. The fraction of sp³-hybridized carbons (Fsp3) is 0.286. The van der Waals surface area contributed by atoms with Gasteiger partial charge in [-0.2, -0.15) is 0 Å². The number of para-hydroxylation sites is 2. The number of amides is 2. The number of halogens is 1. The van der Waals surface area contributed by atoms with Crippen LogP contribution < -0.4 is 15.0 Å². The number of nitrogens with zero attached hydrogens (tertiary/aromatic N) is 1. The first-order valence-electron chi connectivity index (χ1n) is 9.05.